The van der Waals surface area contributed by atoms with Gasteiger partial charge < -0.3 is 9.16 Å². The molecule has 3 aromatic rings. The minimum atomic E-state index is -2.64. The molecule has 0 aliphatic carbocycles. The molecule has 1 aliphatic rings. The second-order valence-electron chi connectivity index (χ2n) is 12.8. The number of esters is 1. The molecule has 1 heterocycles. The van der Waals surface area contributed by atoms with Gasteiger partial charge in [0.2, 0.25) is 0 Å². The fourth-order valence-electron chi connectivity index (χ4n) is 6.02. The number of likely N-dealkylation sites (tertiary alicyclic amines) is 1. The molecule has 0 radical (unpaired) electrons. The molecular formula is C34H45NO3Si. The first-order chi connectivity index (χ1) is 18.5. The lowest BCUT2D eigenvalue weighted by Gasteiger charge is -2.44. The largest absolute Gasteiger partial charge is 0.460 e. The van der Waals surface area contributed by atoms with Crippen molar-refractivity contribution in [3.8, 4) is 0 Å². The lowest BCUT2D eigenvalue weighted by molar-refractivity contribution is -0.156. The van der Waals surface area contributed by atoms with Gasteiger partial charge in [-0.25, -0.2) is 0 Å². The van der Waals surface area contributed by atoms with Gasteiger partial charge in [0.05, 0.1) is 13.0 Å². The summed E-state index contributed by atoms with van der Waals surface area (Å²) in [5.41, 5.74) is 0.773. The molecule has 0 aromatic heterocycles. The zero-order valence-electron chi connectivity index (χ0n) is 24.5. The Balaban J connectivity index is 1.64. The summed E-state index contributed by atoms with van der Waals surface area (Å²) in [5, 5.41) is 2.51. The van der Waals surface area contributed by atoms with Crippen LogP contribution in [0.1, 0.15) is 66.4 Å². The molecule has 0 unspecified atom stereocenters. The molecule has 0 bridgehead atoms. The predicted octanol–water partition coefficient (Wildman–Crippen LogP) is 6.33. The average Bonchev–Trinajstić information content (AvgIpc) is 3.25. The van der Waals surface area contributed by atoms with Gasteiger partial charge in [0.1, 0.15) is 5.60 Å². The third kappa shape index (κ3) is 7.08. The van der Waals surface area contributed by atoms with E-state index in [4.69, 9.17) is 9.16 Å². The maximum Gasteiger partial charge on any atom is 0.307 e. The van der Waals surface area contributed by atoms with Crippen LogP contribution in [0.4, 0.5) is 0 Å². The van der Waals surface area contributed by atoms with Crippen LogP contribution in [0.3, 0.4) is 0 Å². The molecule has 3 aromatic carbocycles. The van der Waals surface area contributed by atoms with Crippen LogP contribution in [0, 0.1) is 0 Å². The quantitative estimate of drug-likeness (QED) is 0.234. The summed E-state index contributed by atoms with van der Waals surface area (Å²) in [6.07, 6.45) is 2.36. The molecule has 208 valence electrons. The molecule has 39 heavy (non-hydrogen) atoms. The summed E-state index contributed by atoms with van der Waals surface area (Å²) in [5.74, 6) is -0.126. The maximum atomic E-state index is 12.9. The molecule has 1 saturated heterocycles. The van der Waals surface area contributed by atoms with Gasteiger partial charge in [-0.3, -0.25) is 9.69 Å². The van der Waals surface area contributed by atoms with Gasteiger partial charge in [-0.1, -0.05) is 112 Å². The molecule has 0 amide bonds. The summed E-state index contributed by atoms with van der Waals surface area (Å²) in [4.78, 5) is 15.4. The number of hydrogen-bond donors (Lipinski definition) is 0. The highest BCUT2D eigenvalue weighted by Gasteiger charge is 2.51. The molecule has 4 rings (SSSR count). The van der Waals surface area contributed by atoms with E-state index in [0.717, 1.165) is 19.4 Å². The van der Waals surface area contributed by atoms with Crippen LogP contribution in [-0.2, 0) is 20.5 Å². The van der Waals surface area contributed by atoms with E-state index < -0.39 is 13.9 Å². The van der Waals surface area contributed by atoms with Gasteiger partial charge in [-0.15, -0.1) is 0 Å². The second-order valence-corrected chi connectivity index (χ2v) is 17.1. The monoisotopic (exact) mass is 543 g/mol. The van der Waals surface area contributed by atoms with Gasteiger partial charge in [0, 0.05) is 18.6 Å². The Labute approximate surface area is 236 Å². The Kier molecular flexibility index (Phi) is 9.15. The SMILES string of the molecule is CC(C)(C)OC(=O)C[C@H]1CC[C@H](CO[Si](c2ccccc2)(c2ccccc2)C(C)(C)C)N1Cc1ccccc1. The zero-order chi connectivity index (χ0) is 28.1. The van der Waals surface area contributed by atoms with Crippen molar-refractivity contribution in [1.82, 2.24) is 4.90 Å². The first kappa shape index (κ1) is 29.3. The van der Waals surface area contributed by atoms with Crippen molar-refractivity contribution in [3.05, 3.63) is 96.6 Å². The second kappa shape index (κ2) is 12.2. The zero-order valence-corrected chi connectivity index (χ0v) is 25.5. The summed E-state index contributed by atoms with van der Waals surface area (Å²) < 4.78 is 13.1. The fraction of sp³-hybridized carbons (Fsp3) is 0.441. The average molecular weight is 544 g/mol. The number of benzene rings is 3. The van der Waals surface area contributed by atoms with E-state index in [1.165, 1.54) is 15.9 Å². The van der Waals surface area contributed by atoms with Crippen molar-refractivity contribution in [2.45, 2.75) is 90.1 Å². The van der Waals surface area contributed by atoms with E-state index in [-0.39, 0.29) is 23.1 Å². The molecule has 5 heteroatoms. The number of ether oxygens (including phenoxy) is 1. The Hall–Kier alpha value is -2.73. The molecule has 1 aliphatic heterocycles. The van der Waals surface area contributed by atoms with Crippen LogP contribution in [-0.4, -0.2) is 43.5 Å². The number of carbonyl (C=O) groups excluding carboxylic acids is 1. The van der Waals surface area contributed by atoms with Crippen LogP contribution in [0.2, 0.25) is 5.04 Å². The molecule has 0 saturated carbocycles. The first-order valence-corrected chi connectivity index (χ1v) is 16.2. The third-order valence-electron chi connectivity index (χ3n) is 7.71. The van der Waals surface area contributed by atoms with Crippen LogP contribution >= 0.6 is 0 Å². The Morgan fingerprint density at radius 3 is 1.74 bits per heavy atom. The lowest BCUT2D eigenvalue weighted by atomic mass is 10.1. The molecule has 1 fully saturated rings. The predicted molar refractivity (Wildman–Crippen MR) is 163 cm³/mol. The van der Waals surface area contributed by atoms with Crippen molar-refractivity contribution >= 4 is 24.7 Å². The van der Waals surface area contributed by atoms with E-state index in [1.807, 2.05) is 20.8 Å². The smallest absolute Gasteiger partial charge is 0.307 e. The fourth-order valence-corrected chi connectivity index (χ4v) is 10.6. The van der Waals surface area contributed by atoms with E-state index in [9.17, 15) is 4.79 Å². The summed E-state index contributed by atoms with van der Waals surface area (Å²) in [6, 6.07) is 32.6. The van der Waals surface area contributed by atoms with Gasteiger partial charge in [-0.05, 0) is 54.6 Å². The maximum absolute atomic E-state index is 12.9. The first-order valence-electron chi connectivity index (χ1n) is 14.3. The van der Waals surface area contributed by atoms with Gasteiger partial charge in [-0.2, -0.15) is 0 Å². The Morgan fingerprint density at radius 2 is 1.26 bits per heavy atom. The van der Waals surface area contributed by atoms with Gasteiger partial charge in [0.15, 0.2) is 0 Å². The van der Waals surface area contributed by atoms with Crippen LogP contribution in [0.5, 0.6) is 0 Å². The van der Waals surface area contributed by atoms with Crippen molar-refractivity contribution in [1.29, 1.82) is 0 Å². The van der Waals surface area contributed by atoms with E-state index in [0.29, 0.717) is 13.0 Å². The molecular weight excluding hydrogens is 498 g/mol. The molecule has 0 spiro atoms. The minimum absolute atomic E-state index is 0.0749. The molecule has 2 atom stereocenters. The molecule has 4 nitrogen and oxygen atoms in total. The van der Waals surface area contributed by atoms with Gasteiger partial charge in [0.25, 0.3) is 8.32 Å². The number of hydrogen-bond acceptors (Lipinski definition) is 4. The highest BCUT2D eigenvalue weighted by molar-refractivity contribution is 6.99. The van der Waals surface area contributed by atoms with E-state index in [1.54, 1.807) is 0 Å². The normalized spacial score (nSPS) is 18.7. The van der Waals surface area contributed by atoms with Gasteiger partial charge >= 0.3 is 5.97 Å². The summed E-state index contributed by atoms with van der Waals surface area (Å²) in [6.45, 7) is 14.2. The highest BCUT2D eigenvalue weighted by atomic mass is 28.4. The van der Waals surface area contributed by atoms with Crippen molar-refractivity contribution < 1.29 is 14.0 Å². The minimum Gasteiger partial charge on any atom is -0.460 e. The number of nitrogens with zero attached hydrogens (tertiary/aromatic N) is 1. The van der Waals surface area contributed by atoms with Crippen LogP contribution in [0.15, 0.2) is 91.0 Å². The molecule has 0 N–H and O–H groups in total. The highest BCUT2D eigenvalue weighted by Crippen LogP contribution is 2.38. The van der Waals surface area contributed by atoms with E-state index in [2.05, 4.69) is 117 Å². The lowest BCUT2D eigenvalue weighted by Crippen LogP contribution is -2.67. The summed E-state index contributed by atoms with van der Waals surface area (Å²) in [7, 11) is -2.64. The Bertz CT molecular complexity index is 1150. The topological polar surface area (TPSA) is 38.8 Å². The van der Waals surface area contributed by atoms with Crippen molar-refractivity contribution in [3.63, 3.8) is 0 Å². The van der Waals surface area contributed by atoms with Crippen LogP contribution in [0.25, 0.3) is 0 Å². The Morgan fingerprint density at radius 1 is 0.769 bits per heavy atom. The number of rotatable bonds is 9. The third-order valence-corrected chi connectivity index (χ3v) is 12.7. The van der Waals surface area contributed by atoms with E-state index >= 15 is 0 Å². The van der Waals surface area contributed by atoms with Crippen molar-refractivity contribution in [2.75, 3.05) is 6.61 Å². The number of carbonyl (C=O) groups is 1. The van der Waals surface area contributed by atoms with Crippen LogP contribution < -0.4 is 10.4 Å². The standard InChI is InChI=1S/C34H45NO3Si/c1-33(2,3)38-32(36)24-28-22-23-29(35(28)25-27-16-10-7-11-17-27)26-37-39(34(4,5)6,30-18-12-8-13-19-30)31-20-14-9-15-21-31/h7-21,28-29H,22-26H2,1-6H3/t28-,29-/m1/s1. The van der Waals surface area contributed by atoms with Crippen molar-refractivity contribution in [2.24, 2.45) is 0 Å². The summed E-state index contributed by atoms with van der Waals surface area (Å²) >= 11 is 0.